The molecule has 1 aromatic rings. The first-order chi connectivity index (χ1) is 7.78. The Morgan fingerprint density at radius 2 is 2.12 bits per heavy atom. The highest BCUT2D eigenvalue weighted by Gasteiger charge is 2.19. The van der Waals surface area contributed by atoms with Gasteiger partial charge in [0.05, 0.1) is 6.10 Å². The van der Waals surface area contributed by atoms with Crippen LogP contribution in [0.1, 0.15) is 31.4 Å². The first kappa shape index (κ1) is 10.8. The molecule has 1 aromatic heterocycles. The van der Waals surface area contributed by atoms with Crippen molar-refractivity contribution < 1.29 is 5.11 Å². The van der Waals surface area contributed by atoms with Crippen LogP contribution in [0.3, 0.4) is 0 Å². The maximum Gasteiger partial charge on any atom is 0.224 e. The molecule has 0 unspecified atom stereocenters. The summed E-state index contributed by atoms with van der Waals surface area (Å²) in [5.41, 5.74) is 0.369. The highest BCUT2D eigenvalue weighted by Crippen LogP contribution is 2.20. The molecule has 0 aliphatic heterocycles. The van der Waals surface area contributed by atoms with Crippen LogP contribution in [0.25, 0.3) is 0 Å². The van der Waals surface area contributed by atoms with Gasteiger partial charge in [-0.15, -0.1) is 0 Å². The number of hydrogen-bond acceptors (Lipinski definition) is 5. The van der Waals surface area contributed by atoms with Crippen LogP contribution in [0.5, 0.6) is 0 Å². The minimum Gasteiger partial charge on any atom is -0.393 e. The number of hydrogen-bond donors (Lipinski definition) is 2. The van der Waals surface area contributed by atoms with E-state index in [0.717, 1.165) is 25.7 Å². The second-order valence-electron chi connectivity index (χ2n) is 4.03. The molecule has 0 spiro atoms. The second-order valence-corrected chi connectivity index (χ2v) is 4.03. The first-order valence-corrected chi connectivity index (χ1v) is 5.45. The Balaban J connectivity index is 1.96. The molecule has 0 atom stereocenters. The molecule has 1 aliphatic rings. The van der Waals surface area contributed by atoms with Gasteiger partial charge in [0, 0.05) is 12.2 Å². The van der Waals surface area contributed by atoms with E-state index < -0.39 is 0 Å². The summed E-state index contributed by atoms with van der Waals surface area (Å²) in [4.78, 5) is 8.12. The van der Waals surface area contributed by atoms with Crippen molar-refractivity contribution in [2.45, 2.75) is 37.8 Å². The van der Waals surface area contributed by atoms with Crippen molar-refractivity contribution in [2.24, 2.45) is 0 Å². The quantitative estimate of drug-likeness (QED) is 0.775. The largest absolute Gasteiger partial charge is 0.393 e. The van der Waals surface area contributed by atoms with E-state index >= 15 is 0 Å². The van der Waals surface area contributed by atoms with Crippen LogP contribution < -0.4 is 5.32 Å². The van der Waals surface area contributed by atoms with Gasteiger partial charge in [-0.1, -0.05) is 0 Å². The molecule has 0 aromatic carbocycles. The molecule has 1 fully saturated rings. The maximum absolute atomic E-state index is 9.37. The zero-order chi connectivity index (χ0) is 11.4. The van der Waals surface area contributed by atoms with Crippen LogP contribution in [-0.4, -0.2) is 27.2 Å². The number of aromatic nitrogens is 2. The molecule has 84 valence electrons. The topological polar surface area (TPSA) is 81.8 Å². The Kier molecular flexibility index (Phi) is 3.32. The lowest BCUT2D eigenvalue weighted by atomic mass is 9.93. The fourth-order valence-electron chi connectivity index (χ4n) is 1.89. The molecule has 2 N–H and O–H groups in total. The van der Waals surface area contributed by atoms with Crippen molar-refractivity contribution >= 4 is 5.95 Å². The van der Waals surface area contributed by atoms with Gasteiger partial charge < -0.3 is 10.4 Å². The lowest BCUT2D eigenvalue weighted by molar-refractivity contribution is 0.126. The van der Waals surface area contributed by atoms with Gasteiger partial charge in [0.15, 0.2) is 0 Å². The zero-order valence-electron chi connectivity index (χ0n) is 8.93. The Morgan fingerprint density at radius 3 is 2.81 bits per heavy atom. The van der Waals surface area contributed by atoms with Crippen LogP contribution in [0.2, 0.25) is 0 Å². The number of nitriles is 1. The number of rotatable bonds is 2. The summed E-state index contributed by atoms with van der Waals surface area (Å²) in [6.07, 6.45) is 4.88. The third-order valence-corrected chi connectivity index (χ3v) is 2.80. The van der Waals surface area contributed by atoms with E-state index in [2.05, 4.69) is 15.3 Å². The van der Waals surface area contributed by atoms with E-state index in [4.69, 9.17) is 5.26 Å². The SMILES string of the molecule is N#Cc1ccnc(NC2CCC(O)CC2)n1. The summed E-state index contributed by atoms with van der Waals surface area (Å²) in [6, 6.07) is 3.86. The zero-order valence-corrected chi connectivity index (χ0v) is 8.93. The van der Waals surface area contributed by atoms with Gasteiger partial charge in [0.25, 0.3) is 0 Å². The number of aliphatic hydroxyl groups is 1. The van der Waals surface area contributed by atoms with Crippen LogP contribution >= 0.6 is 0 Å². The summed E-state index contributed by atoms with van der Waals surface area (Å²) in [7, 11) is 0. The summed E-state index contributed by atoms with van der Waals surface area (Å²) in [6.45, 7) is 0. The molecular formula is C11H14N4O. The number of aliphatic hydroxyl groups excluding tert-OH is 1. The summed E-state index contributed by atoms with van der Waals surface area (Å²) >= 11 is 0. The fourth-order valence-corrected chi connectivity index (χ4v) is 1.89. The second kappa shape index (κ2) is 4.90. The smallest absolute Gasteiger partial charge is 0.224 e. The summed E-state index contributed by atoms with van der Waals surface area (Å²) in [5.74, 6) is 0.500. The number of nitrogens with one attached hydrogen (secondary N) is 1. The highest BCUT2D eigenvalue weighted by atomic mass is 16.3. The molecular weight excluding hydrogens is 204 g/mol. The van der Waals surface area contributed by atoms with Crippen molar-refractivity contribution in [1.82, 2.24) is 9.97 Å². The fraction of sp³-hybridized carbons (Fsp3) is 0.545. The van der Waals surface area contributed by atoms with Gasteiger partial charge in [-0.05, 0) is 31.7 Å². The molecule has 1 saturated carbocycles. The number of nitrogens with zero attached hydrogens (tertiary/aromatic N) is 3. The Labute approximate surface area is 94.2 Å². The van der Waals surface area contributed by atoms with Gasteiger partial charge >= 0.3 is 0 Å². The van der Waals surface area contributed by atoms with Crippen molar-refractivity contribution in [3.8, 4) is 6.07 Å². The van der Waals surface area contributed by atoms with E-state index in [0.29, 0.717) is 17.7 Å². The van der Waals surface area contributed by atoms with Crippen LogP contribution in [0, 0.1) is 11.3 Å². The summed E-state index contributed by atoms with van der Waals surface area (Å²) in [5, 5.41) is 21.3. The Bertz CT molecular complexity index is 393. The van der Waals surface area contributed by atoms with E-state index in [1.165, 1.54) is 0 Å². The predicted octanol–water partition coefficient (Wildman–Crippen LogP) is 1.06. The number of anilines is 1. The molecule has 5 nitrogen and oxygen atoms in total. The molecule has 0 bridgehead atoms. The third-order valence-electron chi connectivity index (χ3n) is 2.80. The molecule has 16 heavy (non-hydrogen) atoms. The third kappa shape index (κ3) is 2.67. The van der Waals surface area contributed by atoms with Crippen LogP contribution in [0.15, 0.2) is 12.3 Å². The average Bonchev–Trinajstić information content (AvgIpc) is 2.32. The van der Waals surface area contributed by atoms with E-state index in [1.54, 1.807) is 12.3 Å². The molecule has 0 amide bonds. The van der Waals surface area contributed by atoms with E-state index in [-0.39, 0.29) is 6.10 Å². The standard InChI is InChI=1S/C11H14N4O/c12-7-9-5-6-13-11(15-9)14-8-1-3-10(16)4-2-8/h5-6,8,10,16H,1-4H2,(H,13,14,15). The Hall–Kier alpha value is -1.67. The lowest BCUT2D eigenvalue weighted by Crippen LogP contribution is -2.28. The average molecular weight is 218 g/mol. The van der Waals surface area contributed by atoms with Crippen molar-refractivity contribution in [3.63, 3.8) is 0 Å². The van der Waals surface area contributed by atoms with E-state index in [9.17, 15) is 5.11 Å². The van der Waals surface area contributed by atoms with Gasteiger partial charge in [-0.3, -0.25) is 0 Å². The lowest BCUT2D eigenvalue weighted by Gasteiger charge is -2.26. The van der Waals surface area contributed by atoms with Gasteiger partial charge in [-0.25, -0.2) is 9.97 Å². The van der Waals surface area contributed by atoms with Crippen molar-refractivity contribution in [2.75, 3.05) is 5.32 Å². The van der Waals surface area contributed by atoms with Gasteiger partial charge in [0.2, 0.25) is 5.95 Å². The van der Waals surface area contributed by atoms with Crippen LogP contribution in [0.4, 0.5) is 5.95 Å². The minimum atomic E-state index is -0.163. The first-order valence-electron chi connectivity index (χ1n) is 5.45. The highest BCUT2D eigenvalue weighted by molar-refractivity contribution is 5.31. The molecule has 0 saturated heterocycles. The molecule has 1 heterocycles. The normalized spacial score (nSPS) is 24.8. The maximum atomic E-state index is 9.37. The molecule has 5 heteroatoms. The predicted molar refractivity (Wildman–Crippen MR) is 58.6 cm³/mol. The molecule has 1 aliphatic carbocycles. The molecule has 2 rings (SSSR count). The van der Waals surface area contributed by atoms with E-state index in [1.807, 2.05) is 6.07 Å². The van der Waals surface area contributed by atoms with Gasteiger partial charge in [0.1, 0.15) is 11.8 Å². The van der Waals surface area contributed by atoms with Gasteiger partial charge in [-0.2, -0.15) is 5.26 Å². The van der Waals surface area contributed by atoms with Crippen molar-refractivity contribution in [3.05, 3.63) is 18.0 Å². The van der Waals surface area contributed by atoms with Crippen molar-refractivity contribution in [1.29, 1.82) is 5.26 Å². The summed E-state index contributed by atoms with van der Waals surface area (Å²) < 4.78 is 0. The molecule has 0 radical (unpaired) electrons. The minimum absolute atomic E-state index is 0.163. The van der Waals surface area contributed by atoms with Crippen LogP contribution in [-0.2, 0) is 0 Å². The monoisotopic (exact) mass is 218 g/mol. The Morgan fingerprint density at radius 1 is 1.38 bits per heavy atom.